The van der Waals surface area contributed by atoms with Gasteiger partial charge in [0.15, 0.2) is 5.71 Å². The van der Waals surface area contributed by atoms with E-state index >= 15 is 0 Å². The first-order valence-corrected chi connectivity index (χ1v) is 11.1. The van der Waals surface area contributed by atoms with E-state index in [9.17, 15) is 28.6 Å². The molecule has 0 bridgehead atoms. The van der Waals surface area contributed by atoms with Crippen molar-refractivity contribution in [1.29, 1.82) is 0 Å². The Bertz CT molecular complexity index is 1200. The lowest BCUT2D eigenvalue weighted by Gasteiger charge is -2.27. The molecule has 4 rings (SSSR count). The predicted molar refractivity (Wildman–Crippen MR) is 125 cm³/mol. The molecule has 2 aliphatic rings. The summed E-state index contributed by atoms with van der Waals surface area (Å²) < 4.78 is 29.4. The average Bonchev–Trinajstić information content (AvgIpc) is 3.11. The third kappa shape index (κ3) is 5.23. The molecule has 9 nitrogen and oxygen atoms in total. The summed E-state index contributed by atoms with van der Waals surface area (Å²) >= 11 is 0. The van der Waals surface area contributed by atoms with E-state index in [0.29, 0.717) is 18.4 Å². The van der Waals surface area contributed by atoms with Crippen molar-refractivity contribution in [2.75, 3.05) is 10.4 Å². The van der Waals surface area contributed by atoms with Crippen LogP contribution in [0.4, 0.5) is 20.2 Å². The van der Waals surface area contributed by atoms with Gasteiger partial charge in [-0.2, -0.15) is 24.0 Å². The second kappa shape index (κ2) is 10.1. The number of aliphatic carboxylic acids is 1. The van der Waals surface area contributed by atoms with Crippen LogP contribution >= 0.6 is 0 Å². The number of rotatable bonds is 7. The Labute approximate surface area is 199 Å². The molecule has 1 aliphatic heterocycles. The lowest BCUT2D eigenvalue weighted by Crippen LogP contribution is -2.28. The number of aromatic hydroxyl groups is 1. The molecule has 1 saturated carbocycles. The minimum atomic E-state index is -3.00. The van der Waals surface area contributed by atoms with Gasteiger partial charge >= 0.3 is 18.5 Å². The number of halogens is 2. The molecule has 2 unspecified atom stereocenters. The van der Waals surface area contributed by atoms with Crippen LogP contribution in [0.25, 0.3) is 0 Å². The third-order valence-corrected chi connectivity index (χ3v) is 6.09. The fourth-order valence-corrected chi connectivity index (χ4v) is 4.39. The van der Waals surface area contributed by atoms with E-state index in [2.05, 4.69) is 20.4 Å². The zero-order valence-electron chi connectivity index (χ0n) is 18.8. The van der Waals surface area contributed by atoms with Crippen molar-refractivity contribution in [3.63, 3.8) is 0 Å². The number of hydrazone groups is 2. The number of phenols is 1. The maximum Gasteiger partial charge on any atom is 0.387 e. The van der Waals surface area contributed by atoms with Crippen LogP contribution in [-0.4, -0.2) is 40.1 Å². The Morgan fingerprint density at radius 1 is 1.26 bits per heavy atom. The number of carbonyl (C=O) groups is 2. The van der Waals surface area contributed by atoms with E-state index in [4.69, 9.17) is 0 Å². The van der Waals surface area contributed by atoms with Gasteiger partial charge in [-0.3, -0.25) is 15.0 Å². The molecule has 184 valence electrons. The molecule has 1 aliphatic carbocycles. The normalized spacial score (nSPS) is 21.4. The van der Waals surface area contributed by atoms with Gasteiger partial charge in [0, 0.05) is 6.07 Å². The number of alkyl halides is 2. The Hall–Kier alpha value is -4.02. The van der Waals surface area contributed by atoms with Crippen LogP contribution in [0.1, 0.15) is 44.1 Å². The molecular weight excluding hydrogens is 462 g/mol. The molecule has 1 amide bonds. The summed E-state index contributed by atoms with van der Waals surface area (Å²) in [7, 11) is 0. The maximum absolute atomic E-state index is 12.9. The van der Waals surface area contributed by atoms with Crippen LogP contribution in [0, 0.1) is 5.92 Å². The van der Waals surface area contributed by atoms with Gasteiger partial charge in [-0.1, -0.05) is 24.6 Å². The molecule has 2 atom stereocenters. The number of amides is 1. The minimum Gasteiger partial charge on any atom is -0.505 e. The SMILES string of the molecule is CC1=NN(c2cccc(OC(F)F)c2)C(=O)/C1=N\Nc1cccc(C2CCCC(C(=O)O)C2)c1O. The van der Waals surface area contributed by atoms with Crippen molar-refractivity contribution in [3.05, 3.63) is 48.0 Å². The van der Waals surface area contributed by atoms with Crippen molar-refractivity contribution < 1.29 is 33.3 Å². The molecule has 0 aromatic heterocycles. The maximum atomic E-state index is 12.9. The first-order valence-electron chi connectivity index (χ1n) is 11.1. The van der Waals surface area contributed by atoms with Crippen LogP contribution in [0.2, 0.25) is 0 Å². The topological polar surface area (TPSA) is 124 Å². The number of phenolic OH excluding ortho intramolecular Hbond substituents is 1. The van der Waals surface area contributed by atoms with Crippen molar-refractivity contribution in [1.82, 2.24) is 0 Å². The zero-order chi connectivity index (χ0) is 25.1. The van der Waals surface area contributed by atoms with Gasteiger partial charge in [0.05, 0.1) is 23.0 Å². The van der Waals surface area contributed by atoms with Crippen LogP contribution in [0.3, 0.4) is 0 Å². The summed E-state index contributed by atoms with van der Waals surface area (Å²) in [6.07, 6.45) is 2.58. The van der Waals surface area contributed by atoms with E-state index in [-0.39, 0.29) is 40.2 Å². The van der Waals surface area contributed by atoms with Gasteiger partial charge in [-0.05, 0) is 55.9 Å². The van der Waals surface area contributed by atoms with Crippen LogP contribution in [0.15, 0.2) is 52.7 Å². The van der Waals surface area contributed by atoms with Crippen LogP contribution < -0.4 is 15.2 Å². The number of hydrogen-bond acceptors (Lipinski definition) is 7. The smallest absolute Gasteiger partial charge is 0.387 e. The van der Waals surface area contributed by atoms with Crippen LogP contribution in [-0.2, 0) is 9.59 Å². The van der Waals surface area contributed by atoms with Crippen LogP contribution in [0.5, 0.6) is 11.5 Å². The summed E-state index contributed by atoms with van der Waals surface area (Å²) in [5.41, 5.74) is 4.10. The highest BCUT2D eigenvalue weighted by Crippen LogP contribution is 2.42. The molecular formula is C24H24F2N4O5. The number of para-hydroxylation sites is 1. The Balaban J connectivity index is 1.52. The van der Waals surface area contributed by atoms with Gasteiger partial charge in [0.2, 0.25) is 0 Å². The summed E-state index contributed by atoms with van der Waals surface area (Å²) in [5.74, 6) is -2.14. The van der Waals surface area contributed by atoms with Crippen molar-refractivity contribution in [3.8, 4) is 11.5 Å². The average molecular weight is 486 g/mol. The molecule has 0 radical (unpaired) electrons. The molecule has 2 aromatic carbocycles. The Morgan fingerprint density at radius 2 is 2.03 bits per heavy atom. The number of ether oxygens (including phenoxy) is 1. The summed E-state index contributed by atoms with van der Waals surface area (Å²) in [4.78, 5) is 24.3. The highest BCUT2D eigenvalue weighted by molar-refractivity contribution is 6.71. The first-order chi connectivity index (χ1) is 16.7. The number of carboxylic acid groups (broad SMARTS) is 1. The van der Waals surface area contributed by atoms with E-state index in [0.717, 1.165) is 17.9 Å². The number of carbonyl (C=O) groups excluding carboxylic acids is 1. The van der Waals surface area contributed by atoms with E-state index < -0.39 is 24.4 Å². The van der Waals surface area contributed by atoms with Gasteiger partial charge in [-0.15, -0.1) is 0 Å². The van der Waals surface area contributed by atoms with E-state index in [1.54, 1.807) is 25.1 Å². The summed E-state index contributed by atoms with van der Waals surface area (Å²) in [5, 5.41) is 29.5. The minimum absolute atomic E-state index is 0.0152. The Morgan fingerprint density at radius 3 is 2.77 bits per heavy atom. The van der Waals surface area contributed by atoms with Crippen molar-refractivity contribution >= 4 is 34.7 Å². The molecule has 2 aromatic rings. The Kier molecular flexibility index (Phi) is 6.94. The van der Waals surface area contributed by atoms with Crippen molar-refractivity contribution in [2.45, 2.75) is 45.1 Å². The largest absolute Gasteiger partial charge is 0.505 e. The number of anilines is 2. The fourth-order valence-electron chi connectivity index (χ4n) is 4.39. The monoisotopic (exact) mass is 486 g/mol. The molecule has 11 heteroatoms. The van der Waals surface area contributed by atoms with E-state index in [1.807, 2.05) is 0 Å². The van der Waals surface area contributed by atoms with Crippen molar-refractivity contribution in [2.24, 2.45) is 16.1 Å². The second-order valence-corrected chi connectivity index (χ2v) is 8.39. The van der Waals surface area contributed by atoms with Gasteiger partial charge in [0.25, 0.3) is 0 Å². The summed E-state index contributed by atoms with van der Waals surface area (Å²) in [6.45, 7) is -1.43. The second-order valence-electron chi connectivity index (χ2n) is 8.39. The van der Waals surface area contributed by atoms with Gasteiger partial charge < -0.3 is 14.9 Å². The molecule has 1 fully saturated rings. The fraction of sp³-hybridized carbons (Fsp3) is 0.333. The molecule has 3 N–H and O–H groups in total. The highest BCUT2D eigenvalue weighted by Gasteiger charge is 2.32. The number of nitrogens with one attached hydrogen (secondary N) is 1. The summed E-state index contributed by atoms with van der Waals surface area (Å²) in [6, 6.07) is 10.7. The zero-order valence-corrected chi connectivity index (χ0v) is 18.8. The first kappa shape index (κ1) is 24.1. The lowest BCUT2D eigenvalue weighted by molar-refractivity contribution is -0.143. The quantitative estimate of drug-likeness (QED) is 0.390. The number of hydrogen-bond donors (Lipinski definition) is 3. The predicted octanol–water partition coefficient (Wildman–Crippen LogP) is 4.54. The van der Waals surface area contributed by atoms with E-state index in [1.165, 1.54) is 24.3 Å². The number of nitrogens with zero attached hydrogens (tertiary/aromatic N) is 3. The number of benzene rings is 2. The number of carboxylic acids is 1. The third-order valence-electron chi connectivity index (χ3n) is 6.09. The molecule has 0 spiro atoms. The standard InChI is InChI=1S/C24H24F2N4O5/c1-13-20(22(32)30(29-13)16-7-3-8-17(12-16)35-24(25)26)28-27-19-10-4-9-18(21(19)31)14-5-2-6-15(11-14)23(33)34/h3-4,7-10,12,14-15,24,27,31H,2,5-6,11H2,1H3,(H,33,34)/b28-20-. The molecule has 0 saturated heterocycles. The van der Waals surface area contributed by atoms with Gasteiger partial charge in [-0.25, -0.2) is 0 Å². The van der Waals surface area contributed by atoms with Gasteiger partial charge in [0.1, 0.15) is 11.5 Å². The molecule has 1 heterocycles. The highest BCUT2D eigenvalue weighted by atomic mass is 19.3. The molecule has 35 heavy (non-hydrogen) atoms. The lowest BCUT2D eigenvalue weighted by atomic mass is 9.77.